The van der Waals surface area contributed by atoms with Gasteiger partial charge in [0.05, 0.1) is 22.0 Å². The van der Waals surface area contributed by atoms with Crippen LogP contribution in [-0.2, 0) is 26.2 Å². The Hall–Kier alpha value is -2.00. The molecule has 2 rings (SSSR count). The lowest BCUT2D eigenvalue weighted by molar-refractivity contribution is -0.140. The summed E-state index contributed by atoms with van der Waals surface area (Å²) in [7, 11) is -2.11. The second kappa shape index (κ2) is 12.1. The van der Waals surface area contributed by atoms with Crippen LogP contribution >= 0.6 is 34.8 Å². The molecule has 1 atom stereocenters. The maximum Gasteiger partial charge on any atom is 0.242 e. The minimum absolute atomic E-state index is 0.0360. The number of sulfonamides is 1. The van der Waals surface area contributed by atoms with E-state index in [-0.39, 0.29) is 37.7 Å². The SMILES string of the molecule is CNC(=O)[C@@H](C)N(Cc1ccc(Cl)c(Cl)c1)C(=O)CCCN(c1cccc(Cl)c1C)S(C)(=O)=O. The van der Waals surface area contributed by atoms with E-state index in [1.165, 1.54) is 16.3 Å². The Morgan fingerprint density at radius 2 is 1.74 bits per heavy atom. The van der Waals surface area contributed by atoms with Crippen molar-refractivity contribution in [2.75, 3.05) is 24.2 Å². The number of nitrogens with zero attached hydrogens (tertiary/aromatic N) is 2. The molecule has 0 aromatic heterocycles. The Kier molecular flexibility index (Phi) is 10.1. The van der Waals surface area contributed by atoms with E-state index in [0.717, 1.165) is 6.26 Å². The quantitative estimate of drug-likeness (QED) is 0.468. The fourth-order valence-corrected chi connectivity index (χ4v) is 4.98. The molecule has 0 saturated heterocycles. The van der Waals surface area contributed by atoms with Gasteiger partial charge in [0.25, 0.3) is 0 Å². The number of carbonyl (C=O) groups is 2. The molecule has 0 aliphatic carbocycles. The van der Waals surface area contributed by atoms with Crippen LogP contribution in [-0.4, -0.2) is 51.0 Å². The highest BCUT2D eigenvalue weighted by Gasteiger charge is 2.26. The third-order valence-electron chi connectivity index (χ3n) is 5.41. The van der Waals surface area contributed by atoms with Crippen LogP contribution in [0.5, 0.6) is 0 Å². The van der Waals surface area contributed by atoms with Crippen molar-refractivity contribution >= 4 is 62.3 Å². The van der Waals surface area contributed by atoms with Gasteiger partial charge in [-0.2, -0.15) is 0 Å². The summed E-state index contributed by atoms with van der Waals surface area (Å²) in [4.78, 5) is 26.9. The van der Waals surface area contributed by atoms with Gasteiger partial charge in [-0.15, -0.1) is 0 Å². The van der Waals surface area contributed by atoms with Crippen LogP contribution in [0.15, 0.2) is 36.4 Å². The summed E-state index contributed by atoms with van der Waals surface area (Å²) in [5, 5.41) is 3.74. The smallest absolute Gasteiger partial charge is 0.242 e. The van der Waals surface area contributed by atoms with Crippen molar-refractivity contribution in [3.8, 4) is 0 Å². The average molecular weight is 549 g/mol. The summed E-state index contributed by atoms with van der Waals surface area (Å²) in [6.07, 6.45) is 1.39. The zero-order valence-corrected chi connectivity index (χ0v) is 22.5. The van der Waals surface area contributed by atoms with Crippen molar-refractivity contribution in [2.24, 2.45) is 0 Å². The van der Waals surface area contributed by atoms with Crippen LogP contribution < -0.4 is 9.62 Å². The van der Waals surface area contributed by atoms with Crippen LogP contribution in [0.25, 0.3) is 0 Å². The second-order valence-electron chi connectivity index (χ2n) is 7.88. The highest BCUT2D eigenvalue weighted by atomic mass is 35.5. The number of likely N-dealkylation sites (N-methyl/N-ethyl adjacent to an activating group) is 1. The predicted octanol–water partition coefficient (Wildman–Crippen LogP) is 4.66. The first-order chi connectivity index (χ1) is 15.9. The summed E-state index contributed by atoms with van der Waals surface area (Å²) in [5.41, 5.74) is 1.81. The van der Waals surface area contributed by atoms with Gasteiger partial charge in [-0.05, 0) is 55.7 Å². The van der Waals surface area contributed by atoms with Crippen LogP contribution in [0.4, 0.5) is 5.69 Å². The number of nitrogens with one attached hydrogen (secondary N) is 1. The summed E-state index contributed by atoms with van der Waals surface area (Å²) in [5.74, 6) is -0.612. The third kappa shape index (κ3) is 7.25. The first-order valence-electron chi connectivity index (χ1n) is 10.5. The van der Waals surface area contributed by atoms with E-state index in [1.807, 2.05) is 0 Å². The Bertz CT molecular complexity index is 1160. The van der Waals surface area contributed by atoms with E-state index in [1.54, 1.807) is 50.2 Å². The van der Waals surface area contributed by atoms with Crippen molar-refractivity contribution in [2.45, 2.75) is 39.3 Å². The van der Waals surface area contributed by atoms with E-state index < -0.39 is 16.1 Å². The van der Waals surface area contributed by atoms with Gasteiger partial charge in [0, 0.05) is 31.6 Å². The number of benzene rings is 2. The molecule has 0 aliphatic heterocycles. The normalized spacial score (nSPS) is 12.2. The summed E-state index contributed by atoms with van der Waals surface area (Å²) in [6, 6.07) is 9.31. The number of rotatable bonds is 10. The zero-order valence-electron chi connectivity index (χ0n) is 19.4. The van der Waals surface area contributed by atoms with Gasteiger partial charge < -0.3 is 10.2 Å². The molecule has 0 spiro atoms. The van der Waals surface area contributed by atoms with Gasteiger partial charge in [-0.3, -0.25) is 13.9 Å². The zero-order chi connectivity index (χ0) is 25.6. The fourth-order valence-electron chi connectivity index (χ4n) is 3.47. The predicted molar refractivity (Wildman–Crippen MR) is 138 cm³/mol. The molecule has 0 unspecified atom stereocenters. The maximum atomic E-state index is 13.1. The molecule has 0 saturated carbocycles. The number of halogens is 3. The van der Waals surface area contributed by atoms with Crippen LogP contribution in [0.1, 0.15) is 30.9 Å². The van der Waals surface area contributed by atoms with E-state index in [9.17, 15) is 18.0 Å². The van der Waals surface area contributed by atoms with Crippen molar-refractivity contribution in [1.82, 2.24) is 10.2 Å². The van der Waals surface area contributed by atoms with Gasteiger partial charge in [0.1, 0.15) is 6.04 Å². The monoisotopic (exact) mass is 547 g/mol. The Balaban J connectivity index is 2.20. The van der Waals surface area contributed by atoms with Crippen LogP contribution in [0.3, 0.4) is 0 Å². The molecule has 186 valence electrons. The standard InChI is InChI=1S/C23H28Cl3N3O4S/c1-15-18(24)7-5-8-21(15)29(34(4,32)33)12-6-9-22(30)28(16(2)23(31)27-3)14-17-10-11-19(25)20(26)13-17/h5,7-8,10-11,13,16H,6,9,12,14H2,1-4H3,(H,27,31)/t16-/m1/s1. The molecule has 0 heterocycles. The van der Waals surface area contributed by atoms with Crippen molar-refractivity contribution in [1.29, 1.82) is 0 Å². The van der Waals surface area contributed by atoms with Crippen molar-refractivity contribution < 1.29 is 18.0 Å². The van der Waals surface area contributed by atoms with Crippen LogP contribution in [0.2, 0.25) is 15.1 Å². The summed E-state index contributed by atoms with van der Waals surface area (Å²) in [6.45, 7) is 3.60. The molecule has 34 heavy (non-hydrogen) atoms. The lowest BCUT2D eigenvalue weighted by atomic mass is 10.1. The van der Waals surface area contributed by atoms with Gasteiger partial charge >= 0.3 is 0 Å². The molecule has 2 amide bonds. The van der Waals surface area contributed by atoms with Gasteiger partial charge in [0.2, 0.25) is 21.8 Å². The minimum Gasteiger partial charge on any atom is -0.357 e. The molecule has 7 nitrogen and oxygen atoms in total. The number of hydrogen-bond donors (Lipinski definition) is 1. The summed E-state index contributed by atoms with van der Waals surface area (Å²) >= 11 is 18.3. The number of carbonyl (C=O) groups excluding carboxylic acids is 2. The topological polar surface area (TPSA) is 86.8 Å². The molecule has 0 aliphatic rings. The molecular weight excluding hydrogens is 521 g/mol. The summed E-state index contributed by atoms with van der Waals surface area (Å²) < 4.78 is 26.1. The molecule has 2 aromatic rings. The average Bonchev–Trinajstić information content (AvgIpc) is 2.77. The molecule has 1 N–H and O–H groups in total. The lowest BCUT2D eigenvalue weighted by Gasteiger charge is -2.29. The van der Waals surface area contributed by atoms with Crippen LogP contribution in [0, 0.1) is 6.92 Å². The van der Waals surface area contributed by atoms with Crippen molar-refractivity contribution in [3.63, 3.8) is 0 Å². The highest BCUT2D eigenvalue weighted by molar-refractivity contribution is 7.92. The first kappa shape index (κ1) is 28.2. The Morgan fingerprint density at radius 3 is 2.32 bits per heavy atom. The number of amides is 2. The maximum absolute atomic E-state index is 13.1. The molecule has 0 fully saturated rings. The Labute approximate surface area is 216 Å². The lowest BCUT2D eigenvalue weighted by Crippen LogP contribution is -2.46. The molecule has 0 bridgehead atoms. The van der Waals surface area contributed by atoms with Gasteiger partial charge in [-0.1, -0.05) is 46.9 Å². The van der Waals surface area contributed by atoms with E-state index in [4.69, 9.17) is 34.8 Å². The molecule has 11 heteroatoms. The first-order valence-corrected chi connectivity index (χ1v) is 13.5. The van der Waals surface area contributed by atoms with Crippen molar-refractivity contribution in [3.05, 3.63) is 62.6 Å². The second-order valence-corrected chi connectivity index (χ2v) is 11.0. The van der Waals surface area contributed by atoms with E-state index >= 15 is 0 Å². The Morgan fingerprint density at radius 1 is 1.06 bits per heavy atom. The minimum atomic E-state index is -3.61. The van der Waals surface area contributed by atoms with E-state index in [2.05, 4.69) is 5.32 Å². The van der Waals surface area contributed by atoms with E-state index in [0.29, 0.717) is 31.9 Å². The highest BCUT2D eigenvalue weighted by Crippen LogP contribution is 2.29. The van der Waals surface area contributed by atoms with Gasteiger partial charge in [-0.25, -0.2) is 8.42 Å². The number of anilines is 1. The number of hydrogen-bond acceptors (Lipinski definition) is 4. The molecular formula is C23H28Cl3N3O4S. The largest absolute Gasteiger partial charge is 0.357 e. The molecule has 2 aromatic carbocycles. The third-order valence-corrected chi connectivity index (χ3v) is 7.74. The fraction of sp³-hybridized carbons (Fsp3) is 0.391. The van der Waals surface area contributed by atoms with Gasteiger partial charge in [0.15, 0.2) is 0 Å². The molecule has 0 radical (unpaired) electrons.